The Morgan fingerprint density at radius 2 is 2.08 bits per heavy atom. The van der Waals surface area contributed by atoms with Crippen LogP contribution in [0.25, 0.3) is 11.3 Å². The molecule has 0 saturated carbocycles. The first-order valence-corrected chi connectivity index (χ1v) is 8.68. The van der Waals surface area contributed by atoms with Crippen LogP contribution in [0.1, 0.15) is 10.4 Å². The predicted octanol–water partition coefficient (Wildman–Crippen LogP) is 5.52. The summed E-state index contributed by atoms with van der Waals surface area (Å²) < 4.78 is 18.7. The van der Waals surface area contributed by atoms with Crippen LogP contribution in [0.3, 0.4) is 0 Å². The van der Waals surface area contributed by atoms with E-state index in [4.69, 9.17) is 27.9 Å². The number of anilines is 1. The lowest BCUT2D eigenvalue weighted by molar-refractivity contribution is 0.102. The van der Waals surface area contributed by atoms with Crippen LogP contribution >= 0.6 is 34.5 Å². The van der Waals surface area contributed by atoms with Crippen molar-refractivity contribution in [3.05, 3.63) is 63.2 Å². The van der Waals surface area contributed by atoms with Crippen LogP contribution in [0.5, 0.6) is 5.75 Å². The van der Waals surface area contributed by atoms with E-state index in [0.717, 1.165) is 0 Å². The summed E-state index contributed by atoms with van der Waals surface area (Å²) in [5.41, 5.74) is 1.37. The normalized spacial score (nSPS) is 10.6. The Balaban J connectivity index is 1.81. The number of hydrogen-bond donors (Lipinski definition) is 1. The van der Waals surface area contributed by atoms with E-state index in [1.165, 1.54) is 30.6 Å². The van der Waals surface area contributed by atoms with Crippen molar-refractivity contribution in [2.75, 3.05) is 12.4 Å². The molecule has 128 valence electrons. The van der Waals surface area contributed by atoms with Crippen LogP contribution in [0, 0.1) is 5.82 Å². The molecule has 4 nitrogen and oxygen atoms in total. The number of ether oxygens (including phenoxy) is 1. The zero-order chi connectivity index (χ0) is 18.0. The third-order valence-corrected chi connectivity index (χ3v) is 4.95. The van der Waals surface area contributed by atoms with Crippen molar-refractivity contribution in [1.29, 1.82) is 0 Å². The van der Waals surface area contributed by atoms with Gasteiger partial charge in [-0.05, 0) is 30.3 Å². The molecule has 8 heteroatoms. The topological polar surface area (TPSA) is 51.2 Å². The smallest absolute Gasteiger partial charge is 0.259 e. The lowest BCUT2D eigenvalue weighted by atomic mass is 10.1. The number of halogens is 3. The number of thiazole rings is 1. The predicted molar refractivity (Wildman–Crippen MR) is 98.5 cm³/mol. The molecule has 0 aliphatic carbocycles. The lowest BCUT2D eigenvalue weighted by Crippen LogP contribution is -2.12. The highest BCUT2D eigenvalue weighted by Crippen LogP contribution is 2.30. The van der Waals surface area contributed by atoms with Gasteiger partial charge in [0, 0.05) is 10.9 Å². The molecule has 1 N–H and O–H groups in total. The second-order valence-electron chi connectivity index (χ2n) is 4.94. The average molecular weight is 397 g/mol. The van der Waals surface area contributed by atoms with Gasteiger partial charge in [-0.1, -0.05) is 29.3 Å². The highest BCUT2D eigenvalue weighted by Gasteiger charge is 2.15. The molecule has 1 heterocycles. The van der Waals surface area contributed by atoms with E-state index < -0.39 is 11.7 Å². The van der Waals surface area contributed by atoms with Gasteiger partial charge in [0.05, 0.1) is 28.4 Å². The minimum absolute atomic E-state index is 0.156. The fraction of sp³-hybridized carbons (Fsp3) is 0.0588. The Labute approximate surface area is 157 Å². The van der Waals surface area contributed by atoms with Gasteiger partial charge < -0.3 is 4.74 Å². The van der Waals surface area contributed by atoms with Gasteiger partial charge in [0.1, 0.15) is 0 Å². The maximum atomic E-state index is 13.8. The highest BCUT2D eigenvalue weighted by molar-refractivity contribution is 7.14. The Bertz CT molecular complexity index is 946. The molecule has 0 aliphatic rings. The molecule has 0 fully saturated rings. The van der Waals surface area contributed by atoms with Gasteiger partial charge >= 0.3 is 0 Å². The van der Waals surface area contributed by atoms with E-state index in [-0.39, 0.29) is 16.3 Å². The van der Waals surface area contributed by atoms with Crippen LogP contribution in [0.4, 0.5) is 9.52 Å². The van der Waals surface area contributed by atoms with E-state index >= 15 is 0 Å². The zero-order valence-electron chi connectivity index (χ0n) is 12.8. The molecule has 3 rings (SSSR count). The quantitative estimate of drug-likeness (QED) is 0.631. The number of amides is 1. The molecular formula is C17H11Cl2FN2O2S. The molecule has 0 aliphatic heterocycles. The highest BCUT2D eigenvalue weighted by atomic mass is 35.5. The van der Waals surface area contributed by atoms with Crippen molar-refractivity contribution in [3.63, 3.8) is 0 Å². The molecule has 1 amide bonds. The van der Waals surface area contributed by atoms with Crippen LogP contribution in [0.15, 0.2) is 41.8 Å². The van der Waals surface area contributed by atoms with Gasteiger partial charge in [0.25, 0.3) is 5.91 Å². The van der Waals surface area contributed by atoms with Gasteiger partial charge in [-0.15, -0.1) is 11.3 Å². The molecule has 0 radical (unpaired) electrons. The number of aromatic nitrogens is 1. The SMILES string of the molecule is COc1ccc(-c2csc(NC(=O)c3cccc(Cl)c3Cl)n2)cc1F. The number of carbonyl (C=O) groups is 1. The summed E-state index contributed by atoms with van der Waals surface area (Å²) in [4.78, 5) is 16.6. The number of hydrogen-bond acceptors (Lipinski definition) is 4. The van der Waals surface area contributed by atoms with E-state index in [1.54, 1.807) is 29.6 Å². The number of carbonyl (C=O) groups excluding carboxylic acids is 1. The summed E-state index contributed by atoms with van der Waals surface area (Å²) >= 11 is 13.2. The summed E-state index contributed by atoms with van der Waals surface area (Å²) in [5.74, 6) is -0.748. The molecule has 2 aromatic carbocycles. The standard InChI is InChI=1S/C17H11Cl2FN2O2S/c1-24-14-6-5-9(7-12(14)20)13-8-25-17(21-13)22-16(23)10-3-2-4-11(18)15(10)19/h2-8H,1H3,(H,21,22,23). The van der Waals surface area contributed by atoms with Gasteiger partial charge in [-0.3, -0.25) is 10.1 Å². The van der Waals surface area contributed by atoms with Gasteiger partial charge in [0.15, 0.2) is 16.7 Å². The maximum Gasteiger partial charge on any atom is 0.259 e. The second kappa shape index (κ2) is 7.39. The molecule has 0 unspecified atom stereocenters. The molecular weight excluding hydrogens is 386 g/mol. The summed E-state index contributed by atoms with van der Waals surface area (Å²) in [6.45, 7) is 0. The van der Waals surface area contributed by atoms with Crippen molar-refractivity contribution in [2.24, 2.45) is 0 Å². The van der Waals surface area contributed by atoms with Crippen LogP contribution in [0.2, 0.25) is 10.0 Å². The molecule has 0 spiro atoms. The van der Waals surface area contributed by atoms with Gasteiger partial charge in [0.2, 0.25) is 0 Å². The number of rotatable bonds is 4. The molecule has 0 saturated heterocycles. The van der Waals surface area contributed by atoms with Gasteiger partial charge in [-0.2, -0.15) is 0 Å². The Morgan fingerprint density at radius 3 is 2.80 bits per heavy atom. The van der Waals surface area contributed by atoms with Crippen molar-refractivity contribution in [1.82, 2.24) is 4.98 Å². The first-order chi connectivity index (χ1) is 12.0. The van der Waals surface area contributed by atoms with Gasteiger partial charge in [-0.25, -0.2) is 9.37 Å². The fourth-order valence-electron chi connectivity index (χ4n) is 2.13. The van der Waals surface area contributed by atoms with Crippen molar-refractivity contribution in [3.8, 4) is 17.0 Å². The third-order valence-electron chi connectivity index (χ3n) is 3.37. The molecule has 0 bridgehead atoms. The molecule has 0 atom stereocenters. The number of methoxy groups -OCH3 is 1. The number of nitrogens with one attached hydrogen (secondary N) is 1. The summed E-state index contributed by atoms with van der Waals surface area (Å²) in [7, 11) is 1.40. The van der Waals surface area contributed by atoms with Crippen LogP contribution < -0.4 is 10.1 Å². The summed E-state index contributed by atoms with van der Waals surface area (Å²) in [6, 6.07) is 9.34. The van der Waals surface area contributed by atoms with Crippen molar-refractivity contribution < 1.29 is 13.9 Å². The summed E-state index contributed by atoms with van der Waals surface area (Å²) in [6.07, 6.45) is 0. The van der Waals surface area contributed by atoms with Crippen LogP contribution in [-0.4, -0.2) is 18.0 Å². The third kappa shape index (κ3) is 3.76. The monoisotopic (exact) mass is 396 g/mol. The van der Waals surface area contributed by atoms with E-state index in [9.17, 15) is 9.18 Å². The maximum absolute atomic E-state index is 13.8. The van der Waals surface area contributed by atoms with E-state index in [2.05, 4.69) is 10.3 Å². The number of nitrogens with zero attached hydrogens (tertiary/aromatic N) is 1. The number of benzene rings is 2. The fourth-order valence-corrected chi connectivity index (χ4v) is 3.23. The summed E-state index contributed by atoms with van der Waals surface area (Å²) in [5, 5.41) is 5.22. The molecule has 3 aromatic rings. The molecule has 1 aromatic heterocycles. The zero-order valence-corrected chi connectivity index (χ0v) is 15.2. The van der Waals surface area contributed by atoms with E-state index in [1.807, 2.05) is 0 Å². The Morgan fingerprint density at radius 1 is 1.28 bits per heavy atom. The lowest BCUT2D eigenvalue weighted by Gasteiger charge is -2.05. The van der Waals surface area contributed by atoms with Crippen molar-refractivity contribution in [2.45, 2.75) is 0 Å². The Kier molecular flexibility index (Phi) is 5.22. The molecule has 25 heavy (non-hydrogen) atoms. The van der Waals surface area contributed by atoms with E-state index in [0.29, 0.717) is 21.4 Å². The van der Waals surface area contributed by atoms with Crippen LogP contribution in [-0.2, 0) is 0 Å². The first kappa shape index (κ1) is 17.7. The minimum atomic E-state index is -0.482. The van der Waals surface area contributed by atoms with Crippen molar-refractivity contribution >= 4 is 45.6 Å². The second-order valence-corrected chi connectivity index (χ2v) is 6.59. The Hall–Kier alpha value is -2.15. The first-order valence-electron chi connectivity index (χ1n) is 7.04. The minimum Gasteiger partial charge on any atom is -0.494 e. The largest absolute Gasteiger partial charge is 0.494 e. The average Bonchev–Trinajstić information content (AvgIpc) is 3.05.